The van der Waals surface area contributed by atoms with Crippen molar-refractivity contribution in [2.45, 2.75) is 40.3 Å². The maximum absolute atomic E-state index is 13.2. The maximum Gasteiger partial charge on any atom is 0.251 e. The Morgan fingerprint density at radius 2 is 1.59 bits per heavy atom. The minimum Gasteiger partial charge on any atom is -0.496 e. The number of aryl methyl sites for hydroxylation is 2. The fourth-order valence-electron chi connectivity index (χ4n) is 4.04. The third-order valence-corrected chi connectivity index (χ3v) is 6.05. The van der Waals surface area contributed by atoms with Crippen LogP contribution in [0.25, 0.3) is 0 Å². The van der Waals surface area contributed by atoms with Crippen molar-refractivity contribution >= 4 is 11.8 Å². The molecule has 0 aromatic heterocycles. The molecular formula is C26H35N3O3. The van der Waals surface area contributed by atoms with E-state index in [4.69, 9.17) is 4.74 Å². The number of hydrogen-bond acceptors (Lipinski definition) is 4. The lowest BCUT2D eigenvalue weighted by molar-refractivity contribution is -0.136. The van der Waals surface area contributed by atoms with E-state index in [0.717, 1.165) is 36.5 Å². The van der Waals surface area contributed by atoms with Gasteiger partial charge in [0.25, 0.3) is 5.91 Å². The van der Waals surface area contributed by atoms with Crippen LogP contribution in [-0.4, -0.2) is 60.9 Å². The smallest absolute Gasteiger partial charge is 0.251 e. The highest BCUT2D eigenvalue weighted by molar-refractivity contribution is 5.97. The van der Waals surface area contributed by atoms with Crippen molar-refractivity contribution in [1.82, 2.24) is 15.1 Å². The van der Waals surface area contributed by atoms with Gasteiger partial charge < -0.3 is 15.0 Å². The lowest BCUT2D eigenvalue weighted by atomic mass is 10.0. The van der Waals surface area contributed by atoms with Gasteiger partial charge in [-0.15, -0.1) is 0 Å². The number of amides is 2. The summed E-state index contributed by atoms with van der Waals surface area (Å²) in [6.45, 7) is 11.7. The third kappa shape index (κ3) is 5.88. The highest BCUT2D eigenvalue weighted by Crippen LogP contribution is 2.22. The fourth-order valence-corrected chi connectivity index (χ4v) is 4.04. The summed E-state index contributed by atoms with van der Waals surface area (Å²) >= 11 is 0. The third-order valence-electron chi connectivity index (χ3n) is 6.05. The summed E-state index contributed by atoms with van der Waals surface area (Å²) < 4.78 is 5.51. The number of carbonyl (C=O) groups excluding carboxylic acids is 2. The van der Waals surface area contributed by atoms with E-state index < -0.39 is 6.04 Å². The van der Waals surface area contributed by atoms with E-state index >= 15 is 0 Å². The predicted molar refractivity (Wildman–Crippen MR) is 127 cm³/mol. The zero-order valence-corrected chi connectivity index (χ0v) is 19.9. The Bertz CT molecular complexity index is 932. The molecule has 1 heterocycles. The molecule has 6 heteroatoms. The van der Waals surface area contributed by atoms with E-state index in [-0.39, 0.29) is 17.7 Å². The summed E-state index contributed by atoms with van der Waals surface area (Å²) in [6, 6.07) is 13.1. The Hall–Kier alpha value is -2.86. The molecule has 1 saturated heterocycles. The van der Waals surface area contributed by atoms with Gasteiger partial charge in [-0.05, 0) is 38.0 Å². The zero-order chi connectivity index (χ0) is 23.3. The van der Waals surface area contributed by atoms with Gasteiger partial charge in [-0.25, -0.2) is 0 Å². The van der Waals surface area contributed by atoms with Crippen LogP contribution in [-0.2, 0) is 11.3 Å². The van der Waals surface area contributed by atoms with Crippen molar-refractivity contribution in [3.63, 3.8) is 0 Å². The summed E-state index contributed by atoms with van der Waals surface area (Å²) in [4.78, 5) is 30.2. The van der Waals surface area contributed by atoms with Crippen molar-refractivity contribution in [3.8, 4) is 5.75 Å². The molecule has 0 aliphatic carbocycles. The lowest BCUT2D eigenvalue weighted by Crippen LogP contribution is -2.56. The van der Waals surface area contributed by atoms with Crippen LogP contribution in [0.15, 0.2) is 42.5 Å². The Morgan fingerprint density at radius 1 is 0.969 bits per heavy atom. The molecule has 1 fully saturated rings. The molecule has 0 bridgehead atoms. The van der Waals surface area contributed by atoms with Crippen LogP contribution in [0.2, 0.25) is 0 Å². The first-order valence-corrected chi connectivity index (χ1v) is 11.3. The first-order valence-electron chi connectivity index (χ1n) is 11.3. The molecule has 2 aromatic carbocycles. The SMILES string of the molecule is COc1ccc(C)cc1CN1CCN(C(=O)[C@@H](NC(=O)c2ccc(C)cc2)C(C)C)CC1. The van der Waals surface area contributed by atoms with Crippen LogP contribution in [0.4, 0.5) is 0 Å². The maximum atomic E-state index is 13.2. The number of ether oxygens (including phenoxy) is 1. The summed E-state index contributed by atoms with van der Waals surface area (Å²) in [5.41, 5.74) is 4.04. The van der Waals surface area contributed by atoms with E-state index in [2.05, 4.69) is 29.3 Å². The van der Waals surface area contributed by atoms with Crippen molar-refractivity contribution in [1.29, 1.82) is 0 Å². The number of rotatable bonds is 7. The van der Waals surface area contributed by atoms with Crippen LogP contribution in [0.5, 0.6) is 5.75 Å². The molecular weight excluding hydrogens is 402 g/mol. The number of nitrogens with zero attached hydrogens (tertiary/aromatic N) is 2. The van der Waals surface area contributed by atoms with Gasteiger partial charge >= 0.3 is 0 Å². The normalized spacial score (nSPS) is 15.5. The summed E-state index contributed by atoms with van der Waals surface area (Å²) in [5.74, 6) is 0.690. The van der Waals surface area contributed by atoms with E-state index in [9.17, 15) is 9.59 Å². The second-order valence-electron chi connectivity index (χ2n) is 8.98. The molecule has 32 heavy (non-hydrogen) atoms. The minimum atomic E-state index is -0.535. The van der Waals surface area contributed by atoms with Gasteiger partial charge in [-0.1, -0.05) is 49.2 Å². The fraction of sp³-hybridized carbons (Fsp3) is 0.462. The molecule has 0 radical (unpaired) electrons. The molecule has 0 spiro atoms. The molecule has 3 rings (SSSR count). The van der Waals surface area contributed by atoms with E-state index in [1.807, 2.05) is 43.9 Å². The Kier molecular flexibility index (Phi) is 7.91. The number of nitrogens with one attached hydrogen (secondary N) is 1. The van der Waals surface area contributed by atoms with Crippen LogP contribution < -0.4 is 10.1 Å². The molecule has 2 amide bonds. The number of piperazine rings is 1. The quantitative estimate of drug-likeness (QED) is 0.721. The van der Waals surface area contributed by atoms with E-state index in [0.29, 0.717) is 18.7 Å². The standard InChI is InChI=1S/C26H35N3O3/c1-18(2)24(27-25(30)21-9-6-19(3)7-10-21)26(31)29-14-12-28(13-15-29)17-22-16-20(4)8-11-23(22)32-5/h6-11,16,18,24H,12-15,17H2,1-5H3,(H,27,30)/t24-/m0/s1. The van der Waals surface area contributed by atoms with Crippen molar-refractivity contribution in [3.05, 3.63) is 64.7 Å². The van der Waals surface area contributed by atoms with Gasteiger partial charge in [-0.2, -0.15) is 0 Å². The van der Waals surface area contributed by atoms with Gasteiger partial charge in [0, 0.05) is 43.9 Å². The van der Waals surface area contributed by atoms with E-state index in [1.165, 1.54) is 5.56 Å². The molecule has 1 N–H and O–H groups in total. The van der Waals surface area contributed by atoms with Crippen molar-refractivity contribution in [2.24, 2.45) is 5.92 Å². The first-order chi connectivity index (χ1) is 15.3. The lowest BCUT2D eigenvalue weighted by Gasteiger charge is -2.37. The van der Waals surface area contributed by atoms with Crippen LogP contribution in [0, 0.1) is 19.8 Å². The van der Waals surface area contributed by atoms with Gasteiger partial charge in [-0.3, -0.25) is 14.5 Å². The zero-order valence-electron chi connectivity index (χ0n) is 19.9. The topological polar surface area (TPSA) is 61.9 Å². The summed E-state index contributed by atoms with van der Waals surface area (Å²) in [5, 5.41) is 2.96. The average Bonchev–Trinajstić information content (AvgIpc) is 2.78. The molecule has 0 saturated carbocycles. The van der Waals surface area contributed by atoms with Crippen LogP contribution in [0.1, 0.15) is 40.9 Å². The molecule has 1 atom stereocenters. The largest absolute Gasteiger partial charge is 0.496 e. The average molecular weight is 438 g/mol. The Labute approximate surface area is 191 Å². The predicted octanol–water partition coefficient (Wildman–Crippen LogP) is 3.41. The highest BCUT2D eigenvalue weighted by Gasteiger charge is 2.31. The molecule has 1 aliphatic rings. The monoisotopic (exact) mass is 437 g/mol. The highest BCUT2D eigenvalue weighted by atomic mass is 16.5. The number of methoxy groups -OCH3 is 1. The van der Waals surface area contributed by atoms with Crippen LogP contribution >= 0.6 is 0 Å². The van der Waals surface area contributed by atoms with Gasteiger partial charge in [0.15, 0.2) is 0 Å². The van der Waals surface area contributed by atoms with Crippen molar-refractivity contribution < 1.29 is 14.3 Å². The summed E-state index contributed by atoms with van der Waals surface area (Å²) in [7, 11) is 1.70. The minimum absolute atomic E-state index is 0.00600. The molecule has 0 unspecified atom stereocenters. The number of hydrogen-bond donors (Lipinski definition) is 1. The van der Waals surface area contributed by atoms with Crippen LogP contribution in [0.3, 0.4) is 0 Å². The van der Waals surface area contributed by atoms with Gasteiger partial charge in [0.05, 0.1) is 7.11 Å². The van der Waals surface area contributed by atoms with Gasteiger partial charge in [0.2, 0.25) is 5.91 Å². The van der Waals surface area contributed by atoms with Crippen molar-refractivity contribution in [2.75, 3.05) is 33.3 Å². The molecule has 2 aromatic rings. The molecule has 1 aliphatic heterocycles. The summed E-state index contributed by atoms with van der Waals surface area (Å²) in [6.07, 6.45) is 0. The number of carbonyl (C=O) groups is 2. The Balaban J connectivity index is 1.59. The Morgan fingerprint density at radius 3 is 2.19 bits per heavy atom. The number of benzene rings is 2. The second-order valence-corrected chi connectivity index (χ2v) is 8.98. The van der Waals surface area contributed by atoms with Gasteiger partial charge in [0.1, 0.15) is 11.8 Å². The van der Waals surface area contributed by atoms with E-state index in [1.54, 1.807) is 19.2 Å². The molecule has 6 nitrogen and oxygen atoms in total. The molecule has 172 valence electrons. The first kappa shape index (κ1) is 23.8. The second kappa shape index (κ2) is 10.6.